The number of aliphatic imine (C=N–C) groups is 1. The van der Waals surface area contributed by atoms with E-state index in [1.54, 1.807) is 0 Å². The summed E-state index contributed by atoms with van der Waals surface area (Å²) in [4.78, 5) is 28.2. The topological polar surface area (TPSA) is 58.5 Å². The first kappa shape index (κ1) is 15.7. The van der Waals surface area contributed by atoms with Crippen LogP contribution in [0.15, 0.2) is 29.5 Å². The van der Waals surface area contributed by atoms with Crippen molar-refractivity contribution in [2.45, 2.75) is 39.7 Å². The molecule has 3 aliphatic rings. The average Bonchev–Trinajstić information content (AvgIpc) is 2.97. The molecule has 2 fully saturated rings. The molecule has 1 saturated carbocycles. The Morgan fingerprint density at radius 2 is 1.81 bits per heavy atom. The van der Waals surface area contributed by atoms with Crippen molar-refractivity contribution in [1.82, 2.24) is 14.9 Å². The number of aryl methyl sites for hydroxylation is 2. The van der Waals surface area contributed by atoms with Crippen LogP contribution < -0.4 is 0 Å². The molecule has 0 unspecified atom stereocenters. The van der Waals surface area contributed by atoms with Crippen LogP contribution in [0.2, 0.25) is 0 Å². The van der Waals surface area contributed by atoms with E-state index in [-0.39, 0.29) is 5.91 Å². The number of carbonyl (C=O) groups excluding carboxylic acids is 1. The molecule has 2 aliphatic heterocycles. The highest BCUT2D eigenvalue weighted by Crippen LogP contribution is 2.48. The maximum atomic E-state index is 13.0. The molecular weight excluding hydrogens is 324 g/mol. The van der Waals surface area contributed by atoms with Gasteiger partial charge < -0.3 is 4.90 Å². The van der Waals surface area contributed by atoms with Crippen LogP contribution in [0.1, 0.15) is 41.8 Å². The molecular formula is C21H22N4O. The summed E-state index contributed by atoms with van der Waals surface area (Å²) in [6.07, 6.45) is 7.54. The molecule has 2 aromatic rings. The lowest BCUT2D eigenvalue weighted by Gasteiger charge is -2.55. The van der Waals surface area contributed by atoms with Crippen molar-refractivity contribution in [3.8, 4) is 11.1 Å². The first-order valence-electron chi connectivity index (χ1n) is 9.31. The largest absolute Gasteiger partial charge is 0.336 e. The van der Waals surface area contributed by atoms with Crippen LogP contribution in [-0.4, -0.2) is 39.6 Å². The number of nitrogens with zero attached hydrogens (tertiary/aromatic N) is 4. The molecule has 3 heterocycles. The van der Waals surface area contributed by atoms with Gasteiger partial charge in [-0.2, -0.15) is 0 Å². The van der Waals surface area contributed by atoms with Gasteiger partial charge in [0.25, 0.3) is 5.91 Å². The number of fused-ring (bicyclic) bond motifs is 1. The minimum absolute atomic E-state index is 0.0954. The zero-order chi connectivity index (χ0) is 17.9. The van der Waals surface area contributed by atoms with E-state index in [4.69, 9.17) is 0 Å². The molecule has 5 nitrogen and oxygen atoms in total. The van der Waals surface area contributed by atoms with Crippen molar-refractivity contribution in [2.24, 2.45) is 10.4 Å². The van der Waals surface area contributed by atoms with Crippen molar-refractivity contribution >= 4 is 11.6 Å². The normalized spacial score (nSPS) is 19.6. The van der Waals surface area contributed by atoms with Gasteiger partial charge in [0, 0.05) is 42.0 Å². The van der Waals surface area contributed by atoms with Crippen LogP contribution in [0.4, 0.5) is 0 Å². The maximum Gasteiger partial charge on any atom is 0.272 e. The number of benzene rings is 1. The van der Waals surface area contributed by atoms with Crippen molar-refractivity contribution in [3.63, 3.8) is 0 Å². The van der Waals surface area contributed by atoms with E-state index in [0.717, 1.165) is 35.6 Å². The zero-order valence-corrected chi connectivity index (χ0v) is 15.2. The minimum atomic E-state index is 0.0954. The summed E-state index contributed by atoms with van der Waals surface area (Å²) in [5.41, 5.74) is 6.41. The lowest BCUT2D eigenvalue weighted by molar-refractivity contribution is -0.141. The molecule has 132 valence electrons. The molecule has 0 bridgehead atoms. The van der Waals surface area contributed by atoms with Gasteiger partial charge in [-0.15, -0.1) is 0 Å². The highest BCUT2D eigenvalue weighted by Gasteiger charge is 2.49. The Bertz CT molecular complexity index is 933. The van der Waals surface area contributed by atoms with E-state index in [0.29, 0.717) is 17.7 Å². The Kier molecular flexibility index (Phi) is 3.30. The predicted molar refractivity (Wildman–Crippen MR) is 100 cm³/mol. The number of likely N-dealkylation sites (tertiary alicyclic amines) is 1. The Labute approximate surface area is 153 Å². The standard InChI is InChI=1S/C21H22N4O/c1-13-6-15(16-8-22-14(2)23-9-16)7-17-18(13)10-24-19(17)20(26)25-11-21(12-25)4-3-5-21/h6-9H,3-5,10-12H2,1-2H3. The van der Waals surface area contributed by atoms with Gasteiger partial charge >= 0.3 is 0 Å². The lowest BCUT2D eigenvalue weighted by Crippen LogP contribution is -2.62. The highest BCUT2D eigenvalue weighted by molar-refractivity contribution is 6.46. The molecule has 5 rings (SSSR count). The number of hydrogen-bond acceptors (Lipinski definition) is 4. The molecule has 26 heavy (non-hydrogen) atoms. The monoisotopic (exact) mass is 346 g/mol. The number of carbonyl (C=O) groups is 1. The number of rotatable bonds is 2. The number of aromatic nitrogens is 2. The summed E-state index contributed by atoms with van der Waals surface area (Å²) in [5, 5.41) is 0. The third-order valence-corrected chi connectivity index (χ3v) is 6.19. The summed E-state index contributed by atoms with van der Waals surface area (Å²) < 4.78 is 0. The number of amides is 1. The van der Waals surface area contributed by atoms with Gasteiger partial charge in [-0.1, -0.05) is 12.5 Å². The molecule has 0 radical (unpaired) electrons. The maximum absolute atomic E-state index is 13.0. The van der Waals surface area contributed by atoms with Crippen LogP contribution in [0.3, 0.4) is 0 Å². The highest BCUT2D eigenvalue weighted by atomic mass is 16.2. The van der Waals surface area contributed by atoms with Crippen molar-refractivity contribution in [1.29, 1.82) is 0 Å². The second-order valence-electron chi connectivity index (χ2n) is 8.02. The molecule has 1 aromatic heterocycles. The van der Waals surface area contributed by atoms with Gasteiger partial charge in [0.1, 0.15) is 11.5 Å². The first-order valence-corrected chi connectivity index (χ1v) is 9.31. The van der Waals surface area contributed by atoms with Crippen LogP contribution in [0.25, 0.3) is 11.1 Å². The van der Waals surface area contributed by atoms with Gasteiger partial charge in [0.05, 0.1) is 6.54 Å². The van der Waals surface area contributed by atoms with E-state index < -0.39 is 0 Å². The smallest absolute Gasteiger partial charge is 0.272 e. The third-order valence-electron chi connectivity index (χ3n) is 6.19. The molecule has 5 heteroatoms. The van der Waals surface area contributed by atoms with Crippen molar-refractivity contribution < 1.29 is 4.79 Å². The predicted octanol–water partition coefficient (Wildman–Crippen LogP) is 3.08. The molecule has 1 aliphatic carbocycles. The Morgan fingerprint density at radius 1 is 1.08 bits per heavy atom. The van der Waals surface area contributed by atoms with E-state index in [9.17, 15) is 4.79 Å². The molecule has 1 spiro atoms. The minimum Gasteiger partial charge on any atom is -0.336 e. The van der Waals surface area contributed by atoms with Crippen LogP contribution >= 0.6 is 0 Å². The Hall–Kier alpha value is -2.56. The Morgan fingerprint density at radius 3 is 2.46 bits per heavy atom. The fourth-order valence-electron chi connectivity index (χ4n) is 4.42. The molecule has 0 atom stereocenters. The fraction of sp³-hybridized carbons (Fsp3) is 0.429. The van der Waals surface area contributed by atoms with Gasteiger partial charge in [0.15, 0.2) is 0 Å². The van der Waals surface area contributed by atoms with E-state index >= 15 is 0 Å². The molecule has 1 saturated heterocycles. The average molecular weight is 346 g/mol. The molecule has 1 amide bonds. The molecule has 0 N–H and O–H groups in total. The van der Waals surface area contributed by atoms with Gasteiger partial charge in [-0.3, -0.25) is 9.79 Å². The van der Waals surface area contributed by atoms with Crippen LogP contribution in [-0.2, 0) is 11.3 Å². The Balaban J connectivity index is 1.45. The number of hydrogen-bond donors (Lipinski definition) is 0. The zero-order valence-electron chi connectivity index (χ0n) is 15.2. The van der Waals surface area contributed by atoms with Gasteiger partial charge in [0.2, 0.25) is 0 Å². The van der Waals surface area contributed by atoms with Gasteiger partial charge in [-0.05, 0) is 49.4 Å². The van der Waals surface area contributed by atoms with E-state index in [1.807, 2.05) is 24.2 Å². The van der Waals surface area contributed by atoms with Crippen molar-refractivity contribution in [2.75, 3.05) is 13.1 Å². The second kappa shape index (κ2) is 5.47. The third kappa shape index (κ3) is 2.30. The fourth-order valence-corrected chi connectivity index (χ4v) is 4.42. The van der Waals surface area contributed by atoms with Gasteiger partial charge in [-0.25, -0.2) is 9.97 Å². The van der Waals surface area contributed by atoms with E-state index in [2.05, 4.69) is 34.0 Å². The summed E-state index contributed by atoms with van der Waals surface area (Å²) >= 11 is 0. The first-order chi connectivity index (χ1) is 12.5. The quantitative estimate of drug-likeness (QED) is 0.840. The second-order valence-corrected chi connectivity index (χ2v) is 8.02. The molecule has 1 aromatic carbocycles. The summed E-state index contributed by atoms with van der Waals surface area (Å²) in [5.74, 6) is 0.852. The van der Waals surface area contributed by atoms with Crippen molar-refractivity contribution in [3.05, 3.63) is 47.0 Å². The van der Waals surface area contributed by atoms with Crippen LogP contribution in [0, 0.1) is 19.3 Å². The van der Waals surface area contributed by atoms with Crippen LogP contribution in [0.5, 0.6) is 0 Å². The summed E-state index contributed by atoms with van der Waals surface area (Å²) in [6.45, 7) is 6.39. The summed E-state index contributed by atoms with van der Waals surface area (Å²) in [7, 11) is 0. The lowest BCUT2D eigenvalue weighted by atomic mass is 9.63. The summed E-state index contributed by atoms with van der Waals surface area (Å²) in [6, 6.07) is 4.22. The van der Waals surface area contributed by atoms with E-state index in [1.165, 1.54) is 30.4 Å². The SMILES string of the molecule is Cc1ncc(-c2cc(C)c3c(c2)C(C(=O)N2CC4(CCC4)C2)=NC3)cn1.